The van der Waals surface area contributed by atoms with Crippen LogP contribution in [0.25, 0.3) is 0 Å². The van der Waals surface area contributed by atoms with Crippen molar-refractivity contribution in [1.82, 2.24) is 0 Å². The molecule has 0 saturated heterocycles. The number of anilines is 2. The van der Waals surface area contributed by atoms with Crippen molar-refractivity contribution in [1.29, 1.82) is 0 Å². The Morgan fingerprint density at radius 2 is 1.72 bits per heavy atom. The third kappa shape index (κ3) is 5.14. The lowest BCUT2D eigenvalue weighted by atomic mass is 10.1. The molecule has 3 aromatic carbocycles. The van der Waals surface area contributed by atoms with Crippen molar-refractivity contribution in [3.05, 3.63) is 92.4 Å². The number of benzene rings is 3. The average Bonchev–Trinajstić information content (AvgIpc) is 2.73. The fourth-order valence-corrected chi connectivity index (χ4v) is 4.86. The number of aryl methyl sites for hydroxylation is 1. The Morgan fingerprint density at radius 1 is 1.06 bits per heavy atom. The number of amides is 1. The van der Waals surface area contributed by atoms with Crippen molar-refractivity contribution < 1.29 is 18.1 Å². The molecule has 0 aliphatic carbocycles. The quantitative estimate of drug-likeness (QED) is 0.357. The van der Waals surface area contributed by atoms with Crippen LogP contribution in [0, 0.1) is 24.0 Å². The van der Waals surface area contributed by atoms with E-state index in [4.69, 9.17) is 0 Å². The van der Waals surface area contributed by atoms with Crippen molar-refractivity contribution in [2.24, 2.45) is 0 Å². The minimum Gasteiger partial charge on any atom is -0.324 e. The highest BCUT2D eigenvalue weighted by Crippen LogP contribution is 2.28. The van der Waals surface area contributed by atoms with Crippen LogP contribution in [-0.2, 0) is 14.8 Å². The first-order valence-electron chi connectivity index (χ1n) is 9.48. The smallest absolute Gasteiger partial charge is 0.274 e. The predicted octanol–water partition coefficient (Wildman–Crippen LogP) is 4.81. The maximum atomic E-state index is 13.4. The second-order valence-corrected chi connectivity index (χ2v) is 9.84. The van der Waals surface area contributed by atoms with E-state index in [1.807, 2.05) is 6.92 Å². The van der Waals surface area contributed by atoms with E-state index in [9.17, 15) is 23.3 Å². The molecule has 0 unspecified atom stereocenters. The highest BCUT2D eigenvalue weighted by Gasteiger charge is 2.28. The van der Waals surface area contributed by atoms with Gasteiger partial charge in [0.1, 0.15) is 6.54 Å². The van der Waals surface area contributed by atoms with Crippen LogP contribution in [0.15, 0.2) is 76.1 Å². The van der Waals surface area contributed by atoms with Gasteiger partial charge in [-0.3, -0.25) is 19.2 Å². The monoisotopic (exact) mass is 517 g/mol. The second kappa shape index (κ2) is 9.49. The van der Waals surface area contributed by atoms with Gasteiger partial charge in [-0.05, 0) is 50.2 Å². The molecule has 0 heterocycles. The molecular weight excluding hydrogens is 498 g/mol. The van der Waals surface area contributed by atoms with Crippen LogP contribution in [0.4, 0.5) is 17.1 Å². The number of nitro groups is 1. The van der Waals surface area contributed by atoms with E-state index in [0.717, 1.165) is 9.87 Å². The van der Waals surface area contributed by atoms with Gasteiger partial charge in [-0.25, -0.2) is 8.42 Å². The fraction of sp³-hybridized carbons (Fsp3) is 0.136. The number of rotatable bonds is 7. The maximum absolute atomic E-state index is 13.4. The number of hydrogen-bond donors (Lipinski definition) is 1. The average molecular weight is 518 g/mol. The zero-order valence-corrected chi connectivity index (χ0v) is 19.7. The van der Waals surface area contributed by atoms with Gasteiger partial charge < -0.3 is 5.32 Å². The van der Waals surface area contributed by atoms with Gasteiger partial charge in [0.25, 0.3) is 15.7 Å². The SMILES string of the molecule is Cc1ccc(S(=O)(=O)N(CC(=O)Nc2cccc([N+](=O)[O-])c2C)c2cccc(Br)c2)cc1. The van der Waals surface area contributed by atoms with E-state index in [1.54, 1.807) is 36.4 Å². The molecule has 32 heavy (non-hydrogen) atoms. The van der Waals surface area contributed by atoms with E-state index in [1.165, 1.54) is 37.3 Å². The molecule has 0 bridgehead atoms. The van der Waals surface area contributed by atoms with Crippen LogP contribution < -0.4 is 9.62 Å². The van der Waals surface area contributed by atoms with E-state index in [0.29, 0.717) is 10.2 Å². The van der Waals surface area contributed by atoms with Crippen LogP contribution in [0.3, 0.4) is 0 Å². The van der Waals surface area contributed by atoms with Crippen molar-refractivity contribution in [2.45, 2.75) is 18.7 Å². The molecule has 10 heteroatoms. The summed E-state index contributed by atoms with van der Waals surface area (Å²) in [4.78, 5) is 23.5. The van der Waals surface area contributed by atoms with Gasteiger partial charge in [0.2, 0.25) is 5.91 Å². The van der Waals surface area contributed by atoms with Gasteiger partial charge in [0.15, 0.2) is 0 Å². The summed E-state index contributed by atoms with van der Waals surface area (Å²) in [5.41, 5.74) is 1.58. The lowest BCUT2D eigenvalue weighted by Gasteiger charge is -2.24. The standard InChI is InChI=1S/C22H20BrN3O5S/c1-15-9-11-19(12-10-15)32(30,31)25(18-6-3-5-17(23)13-18)14-22(27)24-20-7-4-8-21(16(20)2)26(28)29/h3-13H,14H2,1-2H3,(H,24,27). The molecule has 1 amide bonds. The van der Waals surface area contributed by atoms with Gasteiger partial charge in [0.05, 0.1) is 26.8 Å². The van der Waals surface area contributed by atoms with Crippen LogP contribution >= 0.6 is 15.9 Å². The Kier molecular flexibility index (Phi) is 6.95. The molecule has 8 nitrogen and oxygen atoms in total. The Labute approximate surface area is 194 Å². The highest BCUT2D eigenvalue weighted by molar-refractivity contribution is 9.10. The summed E-state index contributed by atoms with van der Waals surface area (Å²) in [7, 11) is -4.06. The Hall–Kier alpha value is -3.24. The summed E-state index contributed by atoms with van der Waals surface area (Å²) < 4.78 is 28.4. The maximum Gasteiger partial charge on any atom is 0.274 e. The normalized spacial score (nSPS) is 11.1. The van der Waals surface area contributed by atoms with Gasteiger partial charge in [0, 0.05) is 10.5 Å². The number of hydrogen-bond acceptors (Lipinski definition) is 5. The lowest BCUT2D eigenvalue weighted by molar-refractivity contribution is -0.385. The summed E-state index contributed by atoms with van der Waals surface area (Å²) in [6.45, 7) is 2.84. The number of carbonyl (C=O) groups excluding carboxylic acids is 1. The zero-order chi connectivity index (χ0) is 23.5. The third-order valence-electron chi connectivity index (χ3n) is 4.77. The first-order chi connectivity index (χ1) is 15.1. The van der Waals surface area contributed by atoms with Crippen molar-refractivity contribution in [3.8, 4) is 0 Å². The first-order valence-corrected chi connectivity index (χ1v) is 11.7. The summed E-state index contributed by atoms with van der Waals surface area (Å²) in [5.74, 6) is -0.635. The molecule has 0 aromatic heterocycles. The van der Waals surface area contributed by atoms with E-state index >= 15 is 0 Å². The molecule has 0 aliphatic rings. The summed E-state index contributed by atoms with van der Waals surface area (Å²) in [5, 5.41) is 13.8. The highest BCUT2D eigenvalue weighted by atomic mass is 79.9. The van der Waals surface area contributed by atoms with Crippen molar-refractivity contribution in [3.63, 3.8) is 0 Å². The zero-order valence-electron chi connectivity index (χ0n) is 17.3. The topological polar surface area (TPSA) is 110 Å². The van der Waals surface area contributed by atoms with E-state index in [2.05, 4.69) is 21.2 Å². The minimum atomic E-state index is -4.06. The molecule has 3 rings (SSSR count). The van der Waals surface area contributed by atoms with Crippen LogP contribution in [0.1, 0.15) is 11.1 Å². The molecule has 3 aromatic rings. The number of nitro benzene ring substituents is 1. The van der Waals surface area contributed by atoms with Crippen LogP contribution in [0.5, 0.6) is 0 Å². The number of halogens is 1. The fourth-order valence-electron chi connectivity index (χ4n) is 3.06. The molecule has 0 radical (unpaired) electrons. The summed E-state index contributed by atoms with van der Waals surface area (Å²) in [6, 6.07) is 17.2. The first kappa shape index (κ1) is 23.4. The molecular formula is C22H20BrN3O5S. The number of nitrogens with zero attached hydrogens (tertiary/aromatic N) is 2. The molecule has 166 valence electrons. The third-order valence-corrected chi connectivity index (χ3v) is 7.05. The molecule has 0 spiro atoms. The number of sulfonamides is 1. The summed E-state index contributed by atoms with van der Waals surface area (Å²) >= 11 is 3.33. The van der Waals surface area contributed by atoms with Crippen LogP contribution in [0.2, 0.25) is 0 Å². The summed E-state index contributed by atoms with van der Waals surface area (Å²) in [6.07, 6.45) is 0. The van der Waals surface area contributed by atoms with E-state index in [-0.39, 0.29) is 21.8 Å². The Balaban J connectivity index is 1.96. The molecule has 0 aliphatic heterocycles. The molecule has 0 fully saturated rings. The molecule has 0 atom stereocenters. The largest absolute Gasteiger partial charge is 0.324 e. The molecule has 0 saturated carbocycles. The van der Waals surface area contributed by atoms with Crippen LogP contribution in [-0.4, -0.2) is 25.8 Å². The van der Waals surface area contributed by atoms with Crippen molar-refractivity contribution in [2.75, 3.05) is 16.2 Å². The molecule has 1 N–H and O–H groups in total. The predicted molar refractivity (Wildman–Crippen MR) is 126 cm³/mol. The van der Waals surface area contributed by atoms with E-state index < -0.39 is 27.4 Å². The van der Waals surface area contributed by atoms with Gasteiger partial charge in [-0.15, -0.1) is 0 Å². The number of nitrogens with one attached hydrogen (secondary N) is 1. The van der Waals surface area contributed by atoms with Gasteiger partial charge in [-0.1, -0.05) is 45.8 Å². The van der Waals surface area contributed by atoms with Gasteiger partial charge >= 0.3 is 0 Å². The Morgan fingerprint density at radius 3 is 2.34 bits per heavy atom. The second-order valence-electron chi connectivity index (χ2n) is 7.06. The minimum absolute atomic E-state index is 0.0439. The Bertz CT molecular complexity index is 1280. The lowest BCUT2D eigenvalue weighted by Crippen LogP contribution is -2.38. The van der Waals surface area contributed by atoms with Gasteiger partial charge in [-0.2, -0.15) is 0 Å². The van der Waals surface area contributed by atoms with Crippen molar-refractivity contribution >= 4 is 48.9 Å². The number of carbonyl (C=O) groups is 1.